The van der Waals surface area contributed by atoms with Crippen LogP contribution in [0, 0.1) is 5.82 Å². The number of carbonyl (C=O) groups is 2. The van der Waals surface area contributed by atoms with Crippen LogP contribution in [0.4, 0.5) is 4.39 Å². The van der Waals surface area contributed by atoms with E-state index in [-0.39, 0.29) is 17.2 Å². The molecule has 168 valence electrons. The highest BCUT2D eigenvalue weighted by Crippen LogP contribution is 2.34. The molecule has 7 nitrogen and oxygen atoms in total. The molecule has 2 heterocycles. The van der Waals surface area contributed by atoms with Crippen molar-refractivity contribution in [1.29, 1.82) is 0 Å². The zero-order chi connectivity index (χ0) is 23.3. The first-order valence-corrected chi connectivity index (χ1v) is 10.6. The number of nitrogens with one attached hydrogen (secondary N) is 1. The fourth-order valence-corrected chi connectivity index (χ4v) is 4.45. The van der Waals surface area contributed by atoms with Gasteiger partial charge in [0.2, 0.25) is 0 Å². The van der Waals surface area contributed by atoms with Gasteiger partial charge in [-0.2, -0.15) is 0 Å². The zero-order valence-corrected chi connectivity index (χ0v) is 17.9. The minimum atomic E-state index is -0.621. The molecular formula is C25H22FN3O4. The summed E-state index contributed by atoms with van der Waals surface area (Å²) in [5.74, 6) is -1.18. The van der Waals surface area contributed by atoms with Crippen LogP contribution in [0.1, 0.15) is 27.1 Å². The van der Waals surface area contributed by atoms with Crippen LogP contribution < -0.4 is 10.5 Å². The summed E-state index contributed by atoms with van der Waals surface area (Å²) in [5, 5.41) is 11.2. The van der Waals surface area contributed by atoms with Crippen LogP contribution in [0.5, 0.6) is 5.75 Å². The highest BCUT2D eigenvalue weighted by molar-refractivity contribution is 6.17. The summed E-state index contributed by atoms with van der Waals surface area (Å²) in [6.45, 7) is 0.814. The summed E-state index contributed by atoms with van der Waals surface area (Å²) in [7, 11) is 1.39. The first-order valence-electron chi connectivity index (χ1n) is 10.6. The number of nitrogens with zero attached hydrogens (tertiary/aromatic N) is 1. The molecule has 0 radical (unpaired) electrons. The Morgan fingerprint density at radius 2 is 1.94 bits per heavy atom. The van der Waals surface area contributed by atoms with Gasteiger partial charge in [-0.1, -0.05) is 6.07 Å². The normalized spacial score (nSPS) is 16.0. The number of aromatic nitrogens is 1. The number of likely N-dealkylation sites (tertiary alicyclic amines) is 1. The number of hydrogen-bond donors (Lipinski definition) is 3. The van der Waals surface area contributed by atoms with Gasteiger partial charge in [0.25, 0.3) is 11.8 Å². The van der Waals surface area contributed by atoms with Gasteiger partial charge in [0.15, 0.2) is 11.6 Å². The summed E-state index contributed by atoms with van der Waals surface area (Å²) in [6, 6.07) is 13.3. The average molecular weight is 447 g/mol. The van der Waals surface area contributed by atoms with Crippen molar-refractivity contribution in [3.63, 3.8) is 0 Å². The molecular weight excluding hydrogens is 425 g/mol. The van der Waals surface area contributed by atoms with Crippen LogP contribution in [0.2, 0.25) is 0 Å². The largest absolute Gasteiger partial charge is 0.494 e. The van der Waals surface area contributed by atoms with Crippen molar-refractivity contribution in [2.45, 2.75) is 12.5 Å². The van der Waals surface area contributed by atoms with Crippen molar-refractivity contribution < 1.29 is 23.8 Å². The van der Waals surface area contributed by atoms with Gasteiger partial charge in [-0.05, 0) is 60.0 Å². The maximum absolute atomic E-state index is 14.3. The van der Waals surface area contributed by atoms with Crippen LogP contribution in [0.3, 0.4) is 0 Å². The van der Waals surface area contributed by atoms with Crippen LogP contribution in [-0.4, -0.2) is 53.1 Å². The highest BCUT2D eigenvalue weighted by atomic mass is 19.1. The van der Waals surface area contributed by atoms with E-state index in [1.165, 1.54) is 19.2 Å². The lowest BCUT2D eigenvalue weighted by atomic mass is 9.98. The molecule has 5 rings (SSSR count). The second-order valence-corrected chi connectivity index (χ2v) is 8.24. The van der Waals surface area contributed by atoms with Gasteiger partial charge in [-0.15, -0.1) is 0 Å². The molecule has 4 N–H and O–H groups in total. The number of fused-ring (bicyclic) bond motifs is 3. The lowest BCUT2D eigenvalue weighted by Crippen LogP contribution is -2.29. The van der Waals surface area contributed by atoms with Gasteiger partial charge in [0.05, 0.1) is 24.3 Å². The van der Waals surface area contributed by atoms with Crippen molar-refractivity contribution in [3.05, 3.63) is 65.5 Å². The number of H-pyrrole nitrogens is 1. The van der Waals surface area contributed by atoms with Gasteiger partial charge in [0.1, 0.15) is 0 Å². The van der Waals surface area contributed by atoms with Crippen molar-refractivity contribution >= 4 is 33.6 Å². The summed E-state index contributed by atoms with van der Waals surface area (Å²) in [5.41, 5.74) is 8.88. The lowest BCUT2D eigenvalue weighted by molar-refractivity contribution is 0.0765. The standard InChI is InChI=1S/C25H22FN3O4/c1-33-22-5-3-13(11-20(22)26)15-9-18-17-8-14(25(32)29-7-6-16(30)12-29)2-4-21(17)28-23(18)19(10-15)24(27)31/h2-5,8-11,16,28,30H,6-7,12H2,1H3,(H2,27,31). The molecule has 2 amide bonds. The second-order valence-electron chi connectivity index (χ2n) is 8.24. The van der Waals surface area contributed by atoms with E-state index >= 15 is 0 Å². The summed E-state index contributed by atoms with van der Waals surface area (Å²) in [4.78, 5) is 30.0. The predicted molar refractivity (Wildman–Crippen MR) is 123 cm³/mol. The van der Waals surface area contributed by atoms with Crippen LogP contribution in [0.25, 0.3) is 32.9 Å². The Labute approximate surface area is 188 Å². The summed E-state index contributed by atoms with van der Waals surface area (Å²) < 4.78 is 19.3. The van der Waals surface area contributed by atoms with E-state index < -0.39 is 17.8 Å². The van der Waals surface area contributed by atoms with E-state index in [2.05, 4.69) is 4.98 Å². The number of aliphatic hydroxyl groups excluding tert-OH is 1. The number of primary amides is 1. The molecule has 3 aromatic carbocycles. The van der Waals surface area contributed by atoms with E-state index in [9.17, 15) is 19.1 Å². The third kappa shape index (κ3) is 3.58. The summed E-state index contributed by atoms with van der Waals surface area (Å²) >= 11 is 0. The number of ether oxygens (including phenoxy) is 1. The monoisotopic (exact) mass is 447 g/mol. The molecule has 1 unspecified atom stereocenters. The van der Waals surface area contributed by atoms with E-state index in [4.69, 9.17) is 10.5 Å². The van der Waals surface area contributed by atoms with Gasteiger partial charge in [0, 0.05) is 34.9 Å². The average Bonchev–Trinajstić information content (AvgIpc) is 3.40. The molecule has 1 aliphatic rings. The van der Waals surface area contributed by atoms with E-state index in [1.54, 1.807) is 35.2 Å². The Hall–Kier alpha value is -3.91. The Morgan fingerprint density at radius 1 is 1.12 bits per heavy atom. The van der Waals surface area contributed by atoms with E-state index in [0.29, 0.717) is 47.1 Å². The van der Waals surface area contributed by atoms with Crippen molar-refractivity contribution in [3.8, 4) is 16.9 Å². The molecule has 33 heavy (non-hydrogen) atoms. The fraction of sp³-hybridized carbons (Fsp3) is 0.200. The Kier molecular flexibility index (Phi) is 5.02. The molecule has 0 spiro atoms. The molecule has 0 aliphatic carbocycles. The van der Waals surface area contributed by atoms with Crippen molar-refractivity contribution in [2.24, 2.45) is 5.73 Å². The zero-order valence-electron chi connectivity index (χ0n) is 17.9. The van der Waals surface area contributed by atoms with E-state index in [1.807, 2.05) is 6.07 Å². The van der Waals surface area contributed by atoms with Crippen molar-refractivity contribution in [2.75, 3.05) is 20.2 Å². The molecule has 4 aromatic rings. The topological polar surface area (TPSA) is 109 Å². The first-order chi connectivity index (χ1) is 15.9. The molecule has 1 aliphatic heterocycles. The summed E-state index contributed by atoms with van der Waals surface area (Å²) in [6.07, 6.45) is 0.0570. The number of aromatic amines is 1. The number of rotatable bonds is 4. The van der Waals surface area contributed by atoms with E-state index in [0.717, 1.165) is 10.9 Å². The molecule has 1 atom stereocenters. The van der Waals surface area contributed by atoms with Gasteiger partial charge in [-0.25, -0.2) is 4.39 Å². The third-order valence-corrected chi connectivity index (χ3v) is 6.16. The number of carbonyl (C=O) groups excluding carboxylic acids is 2. The quantitative estimate of drug-likeness (QED) is 0.445. The maximum Gasteiger partial charge on any atom is 0.253 e. The maximum atomic E-state index is 14.3. The molecule has 1 fully saturated rings. The molecule has 8 heteroatoms. The number of nitrogens with two attached hydrogens (primary N) is 1. The number of halogens is 1. The Morgan fingerprint density at radius 3 is 2.61 bits per heavy atom. The fourth-order valence-electron chi connectivity index (χ4n) is 4.45. The number of benzene rings is 3. The van der Waals surface area contributed by atoms with Crippen molar-refractivity contribution in [1.82, 2.24) is 9.88 Å². The molecule has 0 bridgehead atoms. The third-order valence-electron chi connectivity index (χ3n) is 6.16. The Bertz CT molecular complexity index is 1430. The van der Waals surface area contributed by atoms with Crippen LogP contribution in [-0.2, 0) is 0 Å². The lowest BCUT2D eigenvalue weighted by Gasteiger charge is -2.15. The van der Waals surface area contributed by atoms with Gasteiger partial charge >= 0.3 is 0 Å². The Balaban J connectivity index is 1.68. The minimum absolute atomic E-state index is 0.122. The smallest absolute Gasteiger partial charge is 0.253 e. The minimum Gasteiger partial charge on any atom is -0.494 e. The number of amides is 2. The number of β-amino-alcohol motifs (C(OH)–C–C–N with tert-alkyl or cyclic N) is 1. The first kappa shape index (κ1) is 21.0. The number of aliphatic hydroxyl groups is 1. The second kappa shape index (κ2) is 7.90. The number of hydrogen-bond acceptors (Lipinski definition) is 4. The van der Waals surface area contributed by atoms with Crippen LogP contribution in [0.15, 0.2) is 48.5 Å². The SMILES string of the molecule is COc1ccc(-c2cc(C(N)=O)c3[nH]c4ccc(C(=O)N5CCC(O)C5)cc4c3c2)cc1F. The van der Waals surface area contributed by atoms with Crippen LogP contribution >= 0.6 is 0 Å². The molecule has 1 saturated heterocycles. The van der Waals surface area contributed by atoms with Gasteiger partial charge < -0.3 is 25.5 Å². The number of methoxy groups -OCH3 is 1. The predicted octanol–water partition coefficient (Wildman–Crippen LogP) is 3.44. The van der Waals surface area contributed by atoms with Gasteiger partial charge in [-0.3, -0.25) is 9.59 Å². The molecule has 1 aromatic heterocycles. The molecule has 0 saturated carbocycles. The highest BCUT2D eigenvalue weighted by Gasteiger charge is 2.26.